The van der Waals surface area contributed by atoms with Crippen LogP contribution in [0.4, 0.5) is 0 Å². The van der Waals surface area contributed by atoms with Gasteiger partial charge in [0.25, 0.3) is 5.91 Å². The van der Waals surface area contributed by atoms with Crippen LogP contribution in [-0.2, 0) is 10.0 Å². The minimum atomic E-state index is -3.54. The molecular weight excluding hydrogens is 304 g/mol. The van der Waals surface area contributed by atoms with E-state index in [4.69, 9.17) is 0 Å². The van der Waals surface area contributed by atoms with E-state index >= 15 is 0 Å². The van der Waals surface area contributed by atoms with Crippen LogP contribution in [0.25, 0.3) is 0 Å². The molecule has 1 amide bonds. The molecule has 0 radical (unpaired) electrons. The third kappa shape index (κ3) is 2.96. The fraction of sp³-hybridized carbons (Fsp3) is 0.545. The van der Waals surface area contributed by atoms with Crippen molar-refractivity contribution in [2.24, 2.45) is 0 Å². The van der Waals surface area contributed by atoms with Gasteiger partial charge in [-0.3, -0.25) is 4.79 Å². The van der Waals surface area contributed by atoms with Gasteiger partial charge in [-0.15, -0.1) is 11.3 Å². The molecule has 1 fully saturated rings. The maximum Gasteiger partial charge on any atom is 0.264 e. The van der Waals surface area contributed by atoms with E-state index in [1.54, 1.807) is 31.2 Å². The Kier molecular flexibility index (Phi) is 4.54. The largest absolute Gasteiger partial charge is 0.344 e. The molecule has 0 atom stereocenters. The van der Waals surface area contributed by atoms with Gasteiger partial charge in [-0.1, -0.05) is 0 Å². The van der Waals surface area contributed by atoms with Crippen LogP contribution in [-0.4, -0.2) is 62.2 Å². The Morgan fingerprint density at radius 3 is 2.53 bits per heavy atom. The fourth-order valence-electron chi connectivity index (χ4n) is 1.79. The standard InChI is InChI=1S/C11H16N2O3S3/c1-12(2)11(14)10-9(3-6-18-10)19(15,16)13-4-7-17-8-5-13/h3,6H,4-5,7-8H2,1-2H3. The number of hydrogen-bond donors (Lipinski definition) is 0. The molecule has 1 saturated heterocycles. The van der Waals surface area contributed by atoms with Crippen molar-refractivity contribution in [3.8, 4) is 0 Å². The van der Waals surface area contributed by atoms with Gasteiger partial charge in [0, 0.05) is 38.7 Å². The van der Waals surface area contributed by atoms with Gasteiger partial charge in [-0.25, -0.2) is 8.42 Å². The van der Waals surface area contributed by atoms with Crippen molar-refractivity contribution in [1.82, 2.24) is 9.21 Å². The summed E-state index contributed by atoms with van der Waals surface area (Å²) in [6.45, 7) is 1.02. The van der Waals surface area contributed by atoms with Crippen molar-refractivity contribution in [2.75, 3.05) is 38.7 Å². The first kappa shape index (κ1) is 14.8. The second-order valence-electron chi connectivity index (χ2n) is 4.33. The minimum absolute atomic E-state index is 0.142. The average molecular weight is 320 g/mol. The summed E-state index contributed by atoms with van der Waals surface area (Å²) in [5, 5.41) is 1.66. The van der Waals surface area contributed by atoms with E-state index in [2.05, 4.69) is 0 Å². The Morgan fingerprint density at radius 1 is 1.32 bits per heavy atom. The SMILES string of the molecule is CN(C)C(=O)c1sccc1S(=O)(=O)N1CCSCC1. The number of hydrogen-bond acceptors (Lipinski definition) is 5. The van der Waals surface area contributed by atoms with Gasteiger partial charge in [-0.05, 0) is 11.4 Å². The van der Waals surface area contributed by atoms with Gasteiger partial charge >= 0.3 is 0 Å². The predicted molar refractivity (Wildman–Crippen MR) is 78.4 cm³/mol. The summed E-state index contributed by atoms with van der Waals surface area (Å²) < 4.78 is 26.6. The monoisotopic (exact) mass is 320 g/mol. The Balaban J connectivity index is 2.36. The lowest BCUT2D eigenvalue weighted by atomic mass is 10.4. The quantitative estimate of drug-likeness (QED) is 0.839. The van der Waals surface area contributed by atoms with Crippen LogP contribution in [0.1, 0.15) is 9.67 Å². The lowest BCUT2D eigenvalue weighted by molar-refractivity contribution is 0.0828. The number of nitrogens with zero attached hydrogens (tertiary/aromatic N) is 2. The first-order chi connectivity index (χ1) is 8.94. The smallest absolute Gasteiger partial charge is 0.264 e. The molecule has 1 aromatic heterocycles. The van der Waals surface area contributed by atoms with Gasteiger partial charge in [0.2, 0.25) is 10.0 Å². The summed E-state index contributed by atoms with van der Waals surface area (Å²) in [7, 11) is -0.303. The summed E-state index contributed by atoms with van der Waals surface area (Å²) in [4.78, 5) is 13.8. The van der Waals surface area contributed by atoms with E-state index in [0.29, 0.717) is 18.0 Å². The number of carbonyl (C=O) groups is 1. The van der Waals surface area contributed by atoms with E-state index in [0.717, 1.165) is 11.5 Å². The highest BCUT2D eigenvalue weighted by Gasteiger charge is 2.31. The normalized spacial score (nSPS) is 17.4. The highest BCUT2D eigenvalue weighted by molar-refractivity contribution is 7.99. The molecule has 8 heteroatoms. The molecule has 1 aromatic rings. The van der Waals surface area contributed by atoms with Crippen LogP contribution in [0.15, 0.2) is 16.3 Å². The third-order valence-electron chi connectivity index (χ3n) is 2.82. The van der Waals surface area contributed by atoms with Crippen LogP contribution in [0, 0.1) is 0 Å². The summed E-state index contributed by atoms with van der Waals surface area (Å²) >= 11 is 2.92. The number of carbonyl (C=O) groups excluding carboxylic acids is 1. The van der Waals surface area contributed by atoms with Crippen LogP contribution in [0.2, 0.25) is 0 Å². The second-order valence-corrected chi connectivity index (χ2v) is 8.38. The molecule has 0 spiro atoms. The molecule has 5 nitrogen and oxygen atoms in total. The Bertz CT molecular complexity index is 559. The summed E-state index contributed by atoms with van der Waals surface area (Å²) in [5.74, 6) is 1.35. The zero-order valence-electron chi connectivity index (χ0n) is 10.8. The van der Waals surface area contributed by atoms with E-state index in [-0.39, 0.29) is 10.8 Å². The number of sulfonamides is 1. The highest BCUT2D eigenvalue weighted by Crippen LogP contribution is 2.27. The molecule has 0 aromatic carbocycles. The molecule has 2 heterocycles. The molecule has 106 valence electrons. The Labute approximate surface area is 121 Å². The van der Waals surface area contributed by atoms with Crippen LogP contribution in [0.3, 0.4) is 0 Å². The van der Waals surface area contributed by atoms with Gasteiger partial charge in [0.15, 0.2) is 0 Å². The number of rotatable bonds is 3. The maximum atomic E-state index is 12.5. The molecule has 1 aliphatic rings. The summed E-state index contributed by atoms with van der Waals surface area (Å²) in [6.07, 6.45) is 0. The number of thioether (sulfide) groups is 1. The van der Waals surface area contributed by atoms with Crippen molar-refractivity contribution >= 4 is 39.0 Å². The van der Waals surface area contributed by atoms with E-state index < -0.39 is 10.0 Å². The van der Waals surface area contributed by atoms with Crippen molar-refractivity contribution in [3.63, 3.8) is 0 Å². The number of thiophene rings is 1. The van der Waals surface area contributed by atoms with Crippen molar-refractivity contribution in [1.29, 1.82) is 0 Å². The molecule has 0 N–H and O–H groups in total. The van der Waals surface area contributed by atoms with Gasteiger partial charge in [-0.2, -0.15) is 16.1 Å². The van der Waals surface area contributed by atoms with E-state index in [9.17, 15) is 13.2 Å². The minimum Gasteiger partial charge on any atom is -0.344 e. The molecule has 0 unspecified atom stereocenters. The van der Waals surface area contributed by atoms with Crippen molar-refractivity contribution in [2.45, 2.75) is 4.90 Å². The molecule has 19 heavy (non-hydrogen) atoms. The van der Waals surface area contributed by atoms with Crippen LogP contribution in [0.5, 0.6) is 0 Å². The summed E-state index contributed by atoms with van der Waals surface area (Å²) in [5.41, 5.74) is 0. The molecule has 0 bridgehead atoms. The molecular formula is C11H16N2O3S3. The fourth-order valence-corrected chi connectivity index (χ4v) is 5.78. The van der Waals surface area contributed by atoms with Crippen molar-refractivity contribution < 1.29 is 13.2 Å². The first-order valence-electron chi connectivity index (χ1n) is 5.81. The van der Waals surface area contributed by atoms with Gasteiger partial charge in [0.05, 0.1) is 0 Å². The zero-order valence-corrected chi connectivity index (χ0v) is 13.3. The number of amides is 1. The van der Waals surface area contributed by atoms with E-state index in [1.165, 1.54) is 26.6 Å². The Morgan fingerprint density at radius 2 is 1.95 bits per heavy atom. The van der Waals surface area contributed by atoms with Crippen molar-refractivity contribution in [3.05, 3.63) is 16.3 Å². The van der Waals surface area contributed by atoms with Crippen LogP contribution >= 0.6 is 23.1 Å². The third-order valence-corrected chi connectivity index (χ3v) is 6.73. The lowest BCUT2D eigenvalue weighted by Gasteiger charge is -2.25. The maximum absolute atomic E-state index is 12.5. The predicted octanol–water partition coefficient (Wildman–Crippen LogP) is 1.19. The van der Waals surface area contributed by atoms with Gasteiger partial charge < -0.3 is 4.90 Å². The zero-order chi connectivity index (χ0) is 14.0. The topological polar surface area (TPSA) is 57.7 Å². The van der Waals surface area contributed by atoms with Crippen LogP contribution < -0.4 is 0 Å². The average Bonchev–Trinajstić information content (AvgIpc) is 2.88. The van der Waals surface area contributed by atoms with E-state index in [1.807, 2.05) is 0 Å². The molecule has 0 saturated carbocycles. The van der Waals surface area contributed by atoms with Gasteiger partial charge in [0.1, 0.15) is 9.77 Å². The summed E-state index contributed by atoms with van der Waals surface area (Å²) in [6, 6.07) is 1.53. The molecule has 2 rings (SSSR count). The first-order valence-corrected chi connectivity index (χ1v) is 9.29. The molecule has 1 aliphatic heterocycles. The lowest BCUT2D eigenvalue weighted by Crippen LogP contribution is -2.38. The molecule has 0 aliphatic carbocycles. The Hall–Kier alpha value is -0.570. The second kappa shape index (κ2) is 5.82. The highest BCUT2D eigenvalue weighted by atomic mass is 32.2.